The zero-order valence-corrected chi connectivity index (χ0v) is 7.35. The molecule has 0 radical (unpaired) electrons. The first-order valence-corrected chi connectivity index (χ1v) is 4.15. The Kier molecular flexibility index (Phi) is 1.21. The summed E-state index contributed by atoms with van der Waals surface area (Å²) in [4.78, 5) is 11.0. The highest BCUT2D eigenvalue weighted by atomic mass is 16.7. The Morgan fingerprint density at radius 2 is 2.50 bits per heavy atom. The molecule has 1 aromatic rings. The molecule has 6 nitrogen and oxygen atoms in total. The number of hydrogen-bond donors (Lipinski definition) is 1. The van der Waals surface area contributed by atoms with Crippen LogP contribution in [0, 0.1) is 6.92 Å². The fourth-order valence-electron chi connectivity index (χ4n) is 1.63. The van der Waals surface area contributed by atoms with Gasteiger partial charge in [-0.3, -0.25) is 0 Å². The summed E-state index contributed by atoms with van der Waals surface area (Å²) in [6, 6.07) is 1.76. The Balaban J connectivity index is 2.24. The van der Waals surface area contributed by atoms with Crippen molar-refractivity contribution in [1.82, 2.24) is 9.99 Å². The van der Waals surface area contributed by atoms with Gasteiger partial charge in [0, 0.05) is 11.8 Å². The first-order valence-electron chi connectivity index (χ1n) is 4.15. The highest BCUT2D eigenvalue weighted by molar-refractivity contribution is 5.69. The molecule has 0 fully saturated rings. The maximum Gasteiger partial charge on any atom is 0.516 e. The minimum atomic E-state index is -0.692. The summed E-state index contributed by atoms with van der Waals surface area (Å²) in [5.74, 6) is 0.508. The molecular weight excluding hydrogens is 186 g/mol. The summed E-state index contributed by atoms with van der Waals surface area (Å²) < 4.78 is 11.5. The molecule has 0 saturated carbocycles. The van der Waals surface area contributed by atoms with Crippen molar-refractivity contribution in [2.75, 3.05) is 0 Å². The number of aromatic nitrogens is 1. The molecule has 3 rings (SSSR count). The molecule has 1 aromatic heterocycles. The summed E-state index contributed by atoms with van der Waals surface area (Å²) in [7, 11) is 0. The molecule has 2 aliphatic heterocycles. The van der Waals surface area contributed by atoms with Gasteiger partial charge >= 0.3 is 6.16 Å². The average molecular weight is 193 g/mol. The third kappa shape index (κ3) is 0.795. The van der Waals surface area contributed by atoms with E-state index >= 15 is 0 Å². The van der Waals surface area contributed by atoms with Crippen LogP contribution in [0.1, 0.15) is 17.6 Å². The van der Waals surface area contributed by atoms with Crippen LogP contribution >= 0.6 is 0 Å². The molecule has 3 heterocycles. The predicted octanol–water partition coefficient (Wildman–Crippen LogP) is 0.719. The van der Waals surface area contributed by atoms with Gasteiger partial charge in [0.1, 0.15) is 12.0 Å². The second-order valence-corrected chi connectivity index (χ2v) is 3.11. The standard InChI is InChI=1S/C8H7N3O3/c1-4-2-5-6-7(14-8(12)13-5)9-3-10-11(4)6/h2-3,7H,1H3,(H,9,10). The highest BCUT2D eigenvalue weighted by Crippen LogP contribution is 2.35. The number of nitrogens with one attached hydrogen (secondary N) is 1. The fourth-order valence-corrected chi connectivity index (χ4v) is 1.63. The molecule has 1 unspecified atom stereocenters. The molecule has 0 saturated heterocycles. The van der Waals surface area contributed by atoms with E-state index in [1.165, 1.54) is 6.34 Å². The molecule has 2 aliphatic rings. The van der Waals surface area contributed by atoms with Gasteiger partial charge in [-0.2, -0.15) is 5.10 Å². The van der Waals surface area contributed by atoms with Gasteiger partial charge in [0.05, 0.1) is 0 Å². The number of nitrogens with zero attached hydrogens (tertiary/aromatic N) is 2. The van der Waals surface area contributed by atoms with E-state index < -0.39 is 12.4 Å². The van der Waals surface area contributed by atoms with Gasteiger partial charge in [-0.15, -0.1) is 0 Å². The van der Waals surface area contributed by atoms with Crippen LogP contribution in [0.4, 0.5) is 4.79 Å². The molecule has 0 amide bonds. The first-order chi connectivity index (χ1) is 6.75. The number of ether oxygens (including phenoxy) is 2. The maximum absolute atomic E-state index is 11.0. The smallest absolute Gasteiger partial charge is 0.404 e. The van der Waals surface area contributed by atoms with E-state index in [9.17, 15) is 4.79 Å². The van der Waals surface area contributed by atoms with Crippen LogP contribution in [-0.2, 0) is 4.74 Å². The Labute approximate surface area is 79.1 Å². The van der Waals surface area contributed by atoms with Gasteiger partial charge in [0.15, 0.2) is 5.75 Å². The van der Waals surface area contributed by atoms with Crippen molar-refractivity contribution in [1.29, 1.82) is 0 Å². The lowest BCUT2D eigenvalue weighted by Crippen LogP contribution is -2.35. The van der Waals surface area contributed by atoms with Crippen molar-refractivity contribution in [3.8, 4) is 5.75 Å². The lowest BCUT2D eigenvalue weighted by molar-refractivity contribution is 0.0297. The van der Waals surface area contributed by atoms with Gasteiger partial charge in [-0.05, 0) is 6.92 Å². The third-order valence-electron chi connectivity index (χ3n) is 2.21. The summed E-state index contributed by atoms with van der Waals surface area (Å²) in [6.45, 7) is 1.88. The van der Waals surface area contributed by atoms with Crippen molar-refractivity contribution in [3.05, 3.63) is 17.5 Å². The van der Waals surface area contributed by atoms with Gasteiger partial charge in [-0.1, -0.05) is 0 Å². The number of rotatable bonds is 0. The van der Waals surface area contributed by atoms with Gasteiger partial charge in [0.2, 0.25) is 6.23 Å². The topological polar surface area (TPSA) is 64.8 Å². The van der Waals surface area contributed by atoms with E-state index in [1.54, 1.807) is 10.7 Å². The molecule has 0 spiro atoms. The maximum atomic E-state index is 11.0. The van der Waals surface area contributed by atoms with E-state index in [4.69, 9.17) is 9.47 Å². The van der Waals surface area contributed by atoms with Crippen molar-refractivity contribution < 1.29 is 14.3 Å². The number of carbonyl (C=O) groups excluding carboxylic acids is 1. The highest BCUT2D eigenvalue weighted by Gasteiger charge is 2.34. The molecule has 0 aromatic carbocycles. The molecular formula is C8H7N3O3. The number of aryl methyl sites for hydroxylation is 1. The predicted molar refractivity (Wildman–Crippen MR) is 46.0 cm³/mol. The monoisotopic (exact) mass is 193 g/mol. The van der Waals surface area contributed by atoms with Crippen molar-refractivity contribution in [2.45, 2.75) is 13.2 Å². The SMILES string of the molecule is Cc1cc2c3n1N=CNC3OC(=O)O2. The van der Waals surface area contributed by atoms with E-state index in [1.807, 2.05) is 6.92 Å². The van der Waals surface area contributed by atoms with Crippen LogP contribution in [0.3, 0.4) is 0 Å². The van der Waals surface area contributed by atoms with Crippen LogP contribution < -0.4 is 10.1 Å². The minimum Gasteiger partial charge on any atom is -0.404 e. The second kappa shape index (κ2) is 2.28. The summed E-state index contributed by atoms with van der Waals surface area (Å²) in [5, 5.41) is 6.90. The van der Waals surface area contributed by atoms with E-state index in [2.05, 4.69) is 10.4 Å². The first kappa shape index (κ1) is 7.43. The fraction of sp³-hybridized carbons (Fsp3) is 0.250. The van der Waals surface area contributed by atoms with E-state index in [0.717, 1.165) is 11.4 Å². The number of carbonyl (C=O) groups is 1. The van der Waals surface area contributed by atoms with Crippen LogP contribution in [0.2, 0.25) is 0 Å². The molecule has 1 atom stereocenters. The van der Waals surface area contributed by atoms with Crippen molar-refractivity contribution in [2.24, 2.45) is 5.10 Å². The van der Waals surface area contributed by atoms with Gasteiger partial charge in [0.25, 0.3) is 0 Å². The van der Waals surface area contributed by atoms with Gasteiger partial charge in [-0.25, -0.2) is 9.47 Å². The normalized spacial score (nSPS) is 22.1. The number of hydrogen-bond acceptors (Lipinski definition) is 5. The molecule has 14 heavy (non-hydrogen) atoms. The van der Waals surface area contributed by atoms with E-state index in [0.29, 0.717) is 5.75 Å². The minimum absolute atomic E-state index is 0.488. The lowest BCUT2D eigenvalue weighted by atomic mass is 10.3. The summed E-state index contributed by atoms with van der Waals surface area (Å²) >= 11 is 0. The van der Waals surface area contributed by atoms with Crippen molar-refractivity contribution >= 4 is 12.5 Å². The van der Waals surface area contributed by atoms with Crippen LogP contribution in [-0.4, -0.2) is 17.2 Å². The zero-order chi connectivity index (χ0) is 9.71. The summed E-state index contributed by atoms with van der Waals surface area (Å²) in [5.41, 5.74) is 1.63. The largest absolute Gasteiger partial charge is 0.516 e. The van der Waals surface area contributed by atoms with E-state index in [-0.39, 0.29) is 0 Å². The molecule has 0 aliphatic carbocycles. The Bertz CT molecular complexity index is 449. The van der Waals surface area contributed by atoms with Crippen molar-refractivity contribution in [3.63, 3.8) is 0 Å². The molecule has 72 valence electrons. The Morgan fingerprint density at radius 3 is 3.36 bits per heavy atom. The van der Waals surface area contributed by atoms with Crippen LogP contribution in [0.15, 0.2) is 11.2 Å². The molecule has 6 heteroatoms. The quantitative estimate of drug-likeness (QED) is 0.616. The van der Waals surface area contributed by atoms with Crippen LogP contribution in [0.5, 0.6) is 5.75 Å². The molecule has 0 bridgehead atoms. The lowest BCUT2D eigenvalue weighted by Gasteiger charge is -2.25. The molecule has 1 N–H and O–H groups in total. The van der Waals surface area contributed by atoms with Gasteiger partial charge < -0.3 is 14.8 Å². The Hall–Kier alpha value is -1.98. The Morgan fingerprint density at radius 1 is 1.64 bits per heavy atom. The zero-order valence-electron chi connectivity index (χ0n) is 7.35. The summed E-state index contributed by atoms with van der Waals surface area (Å²) in [6.07, 6.45) is 0.312. The van der Waals surface area contributed by atoms with Crippen LogP contribution in [0.25, 0.3) is 0 Å². The second-order valence-electron chi connectivity index (χ2n) is 3.11. The third-order valence-corrected chi connectivity index (χ3v) is 2.21. The average Bonchev–Trinajstić information content (AvgIpc) is 2.45.